The van der Waals surface area contributed by atoms with Crippen LogP contribution in [0.15, 0.2) is 36.7 Å². The first-order chi connectivity index (χ1) is 11.2. The predicted molar refractivity (Wildman–Crippen MR) is 89.0 cm³/mol. The largest absolute Gasteiger partial charge is 0.371 e. The number of aromatic amines is 1. The SMILES string of the molecule is Cc1cc(CC2CCN(c3ccnc4[nH]ncc34)C2)ccc1F. The van der Waals surface area contributed by atoms with E-state index in [1.54, 1.807) is 6.07 Å². The Morgan fingerprint density at radius 2 is 2.26 bits per heavy atom. The molecular formula is C18H19FN4. The molecule has 0 bridgehead atoms. The molecule has 0 aliphatic carbocycles. The molecule has 1 aliphatic rings. The quantitative estimate of drug-likeness (QED) is 0.805. The summed E-state index contributed by atoms with van der Waals surface area (Å²) in [6.45, 7) is 3.88. The van der Waals surface area contributed by atoms with Gasteiger partial charge in [-0.15, -0.1) is 0 Å². The minimum absolute atomic E-state index is 0.124. The zero-order valence-corrected chi connectivity index (χ0v) is 13.1. The smallest absolute Gasteiger partial charge is 0.157 e. The molecular weight excluding hydrogens is 291 g/mol. The Morgan fingerprint density at radius 3 is 3.13 bits per heavy atom. The summed E-state index contributed by atoms with van der Waals surface area (Å²) in [5.74, 6) is 0.468. The van der Waals surface area contributed by atoms with E-state index >= 15 is 0 Å². The second kappa shape index (κ2) is 5.65. The highest BCUT2D eigenvalue weighted by Gasteiger charge is 2.24. The van der Waals surface area contributed by atoms with Crippen molar-refractivity contribution < 1.29 is 4.39 Å². The fraction of sp³-hybridized carbons (Fsp3) is 0.333. The molecule has 4 rings (SSSR count). The van der Waals surface area contributed by atoms with Crippen LogP contribution in [0, 0.1) is 18.7 Å². The Kier molecular flexibility index (Phi) is 3.48. The van der Waals surface area contributed by atoms with Crippen LogP contribution in [0.5, 0.6) is 0 Å². The number of aromatic nitrogens is 3. The number of nitrogens with zero attached hydrogens (tertiary/aromatic N) is 3. The summed E-state index contributed by atoms with van der Waals surface area (Å²) in [5, 5.41) is 8.09. The maximum atomic E-state index is 13.4. The van der Waals surface area contributed by atoms with E-state index in [1.807, 2.05) is 31.5 Å². The molecule has 1 fully saturated rings. The number of fused-ring (bicyclic) bond motifs is 1. The third kappa shape index (κ3) is 2.67. The number of hydrogen-bond acceptors (Lipinski definition) is 3. The second-order valence-electron chi connectivity index (χ2n) is 6.35. The van der Waals surface area contributed by atoms with Crippen molar-refractivity contribution in [3.63, 3.8) is 0 Å². The van der Waals surface area contributed by atoms with E-state index in [0.717, 1.165) is 42.5 Å². The van der Waals surface area contributed by atoms with Gasteiger partial charge in [-0.05, 0) is 48.9 Å². The number of nitrogens with one attached hydrogen (secondary N) is 1. The number of anilines is 1. The Hall–Kier alpha value is -2.43. The first kappa shape index (κ1) is 14.2. The van der Waals surface area contributed by atoms with Gasteiger partial charge in [-0.1, -0.05) is 12.1 Å². The minimum atomic E-state index is -0.124. The van der Waals surface area contributed by atoms with E-state index in [4.69, 9.17) is 0 Å². The Bertz CT molecular complexity index is 842. The first-order valence-corrected chi connectivity index (χ1v) is 7.99. The first-order valence-electron chi connectivity index (χ1n) is 7.99. The summed E-state index contributed by atoms with van der Waals surface area (Å²) >= 11 is 0. The second-order valence-corrected chi connectivity index (χ2v) is 6.35. The Labute approximate surface area is 134 Å². The average molecular weight is 310 g/mol. The molecule has 23 heavy (non-hydrogen) atoms. The maximum absolute atomic E-state index is 13.4. The number of pyridine rings is 1. The number of hydrogen-bond donors (Lipinski definition) is 1. The van der Waals surface area contributed by atoms with Crippen molar-refractivity contribution in [1.82, 2.24) is 15.2 Å². The number of H-pyrrole nitrogens is 1. The number of halogens is 1. The molecule has 1 aromatic carbocycles. The predicted octanol–water partition coefficient (Wildman–Crippen LogP) is 3.47. The van der Waals surface area contributed by atoms with Crippen LogP contribution in [-0.2, 0) is 6.42 Å². The van der Waals surface area contributed by atoms with Gasteiger partial charge < -0.3 is 4.90 Å². The molecule has 0 radical (unpaired) electrons. The molecule has 1 N–H and O–H groups in total. The van der Waals surface area contributed by atoms with Crippen molar-refractivity contribution >= 4 is 16.7 Å². The van der Waals surface area contributed by atoms with Gasteiger partial charge in [-0.2, -0.15) is 5.10 Å². The van der Waals surface area contributed by atoms with Gasteiger partial charge in [0.15, 0.2) is 5.65 Å². The Balaban J connectivity index is 1.50. The average Bonchev–Trinajstić information content (AvgIpc) is 3.19. The fourth-order valence-electron chi connectivity index (χ4n) is 3.50. The highest BCUT2D eigenvalue weighted by molar-refractivity contribution is 5.88. The summed E-state index contributed by atoms with van der Waals surface area (Å²) in [7, 11) is 0. The molecule has 1 unspecified atom stereocenters. The zero-order chi connectivity index (χ0) is 15.8. The van der Waals surface area contributed by atoms with Crippen molar-refractivity contribution in [2.75, 3.05) is 18.0 Å². The molecule has 0 spiro atoms. The van der Waals surface area contributed by atoms with Crippen LogP contribution in [0.2, 0.25) is 0 Å². The molecule has 1 atom stereocenters. The normalized spacial score (nSPS) is 18.0. The van der Waals surface area contributed by atoms with Crippen LogP contribution in [-0.4, -0.2) is 28.3 Å². The third-order valence-electron chi connectivity index (χ3n) is 4.70. The van der Waals surface area contributed by atoms with E-state index in [0.29, 0.717) is 5.92 Å². The molecule has 1 aliphatic heterocycles. The van der Waals surface area contributed by atoms with Gasteiger partial charge in [0.25, 0.3) is 0 Å². The van der Waals surface area contributed by atoms with Gasteiger partial charge in [0, 0.05) is 19.3 Å². The minimum Gasteiger partial charge on any atom is -0.371 e. The Morgan fingerprint density at radius 1 is 1.35 bits per heavy atom. The summed E-state index contributed by atoms with van der Waals surface area (Å²) in [4.78, 5) is 6.70. The molecule has 2 aromatic heterocycles. The molecule has 3 aromatic rings. The lowest BCUT2D eigenvalue weighted by Crippen LogP contribution is -2.20. The topological polar surface area (TPSA) is 44.8 Å². The molecule has 0 saturated carbocycles. The van der Waals surface area contributed by atoms with Crippen molar-refractivity contribution in [3.05, 3.63) is 53.6 Å². The van der Waals surface area contributed by atoms with E-state index in [-0.39, 0.29) is 5.82 Å². The van der Waals surface area contributed by atoms with Crippen LogP contribution in [0.25, 0.3) is 11.0 Å². The van der Waals surface area contributed by atoms with E-state index in [9.17, 15) is 4.39 Å². The van der Waals surface area contributed by atoms with Crippen LogP contribution in [0.4, 0.5) is 10.1 Å². The van der Waals surface area contributed by atoms with Crippen molar-refractivity contribution in [2.24, 2.45) is 5.92 Å². The van der Waals surface area contributed by atoms with Gasteiger partial charge in [-0.3, -0.25) is 5.10 Å². The lowest BCUT2D eigenvalue weighted by atomic mass is 9.97. The highest BCUT2D eigenvalue weighted by Crippen LogP contribution is 2.30. The summed E-state index contributed by atoms with van der Waals surface area (Å²) in [5.41, 5.74) is 3.98. The van der Waals surface area contributed by atoms with Gasteiger partial charge in [0.05, 0.1) is 17.3 Å². The lowest BCUT2D eigenvalue weighted by molar-refractivity contribution is 0.582. The van der Waals surface area contributed by atoms with Crippen molar-refractivity contribution in [1.29, 1.82) is 0 Å². The fourth-order valence-corrected chi connectivity index (χ4v) is 3.50. The molecule has 3 heterocycles. The zero-order valence-electron chi connectivity index (χ0n) is 13.1. The van der Waals surface area contributed by atoms with Crippen LogP contribution >= 0.6 is 0 Å². The highest BCUT2D eigenvalue weighted by atomic mass is 19.1. The number of rotatable bonds is 3. The van der Waals surface area contributed by atoms with Gasteiger partial charge >= 0.3 is 0 Å². The monoisotopic (exact) mass is 310 g/mol. The number of aryl methyl sites for hydroxylation is 1. The standard InChI is InChI=1S/C18H19FN4/c1-12-8-13(2-3-16(12)19)9-14-5-7-23(11-14)17-4-6-20-18-15(17)10-21-22-18/h2-4,6,8,10,14H,5,7,9,11H2,1H3,(H,20,21,22). The van der Waals surface area contributed by atoms with Gasteiger partial charge in [-0.25, -0.2) is 9.37 Å². The van der Waals surface area contributed by atoms with Crippen LogP contribution in [0.3, 0.4) is 0 Å². The molecule has 118 valence electrons. The molecule has 4 nitrogen and oxygen atoms in total. The van der Waals surface area contributed by atoms with Crippen LogP contribution < -0.4 is 4.90 Å². The van der Waals surface area contributed by atoms with Gasteiger partial charge in [0.1, 0.15) is 5.82 Å². The van der Waals surface area contributed by atoms with Crippen LogP contribution in [0.1, 0.15) is 17.5 Å². The van der Waals surface area contributed by atoms with E-state index < -0.39 is 0 Å². The maximum Gasteiger partial charge on any atom is 0.157 e. The van der Waals surface area contributed by atoms with E-state index in [1.165, 1.54) is 11.3 Å². The van der Waals surface area contributed by atoms with Gasteiger partial charge in [0.2, 0.25) is 0 Å². The molecule has 0 amide bonds. The molecule has 5 heteroatoms. The van der Waals surface area contributed by atoms with Crippen molar-refractivity contribution in [3.8, 4) is 0 Å². The molecule has 1 saturated heterocycles. The number of benzene rings is 1. The summed E-state index contributed by atoms with van der Waals surface area (Å²) in [6.07, 6.45) is 5.82. The summed E-state index contributed by atoms with van der Waals surface area (Å²) in [6, 6.07) is 7.52. The lowest BCUT2D eigenvalue weighted by Gasteiger charge is -2.19. The third-order valence-corrected chi connectivity index (χ3v) is 4.70. The summed E-state index contributed by atoms with van der Waals surface area (Å²) < 4.78 is 13.4. The van der Waals surface area contributed by atoms with Crippen molar-refractivity contribution in [2.45, 2.75) is 19.8 Å². The van der Waals surface area contributed by atoms with E-state index in [2.05, 4.69) is 26.1 Å².